The van der Waals surface area contributed by atoms with Crippen LogP contribution in [0.25, 0.3) is 43.1 Å². The zero-order valence-corrected chi connectivity index (χ0v) is 14.9. The lowest BCUT2D eigenvalue weighted by Crippen LogP contribution is -2.28. The zero-order chi connectivity index (χ0) is 16.9. The van der Waals surface area contributed by atoms with Crippen molar-refractivity contribution in [3.8, 4) is 0 Å². The maximum atomic E-state index is 2.41. The van der Waals surface area contributed by atoms with Crippen molar-refractivity contribution in [3.05, 3.63) is 71.8 Å². The van der Waals surface area contributed by atoms with E-state index in [-0.39, 0.29) is 5.41 Å². The Morgan fingerprint density at radius 2 is 1.24 bits per heavy atom. The molecule has 0 saturated carbocycles. The van der Waals surface area contributed by atoms with Gasteiger partial charge in [0.2, 0.25) is 0 Å². The summed E-state index contributed by atoms with van der Waals surface area (Å²) in [5.74, 6) is 0.509. The van der Waals surface area contributed by atoms with Crippen LogP contribution in [0, 0.1) is 0 Å². The van der Waals surface area contributed by atoms with Crippen LogP contribution < -0.4 is 0 Å². The summed E-state index contributed by atoms with van der Waals surface area (Å²) in [7, 11) is 0. The standard InChI is InChI=1S/C25H20/c1-14-17-12-10-15-6-4-8-18-19-9-5-7-16-11-13-20(25(14,2)3)24(22(16)19)23(17)21(15)18/h4-14H,1-3H3. The number of hydrogen-bond donors (Lipinski definition) is 0. The quantitative estimate of drug-likeness (QED) is 0.210. The largest absolute Gasteiger partial charge is 0.0610 e. The topological polar surface area (TPSA) is 0 Å². The van der Waals surface area contributed by atoms with Gasteiger partial charge in [-0.3, -0.25) is 0 Å². The molecule has 1 unspecified atom stereocenters. The van der Waals surface area contributed by atoms with Crippen LogP contribution in [0.2, 0.25) is 0 Å². The highest BCUT2D eigenvalue weighted by Crippen LogP contribution is 2.53. The minimum absolute atomic E-state index is 0.142. The van der Waals surface area contributed by atoms with Crippen molar-refractivity contribution in [1.82, 2.24) is 0 Å². The normalized spacial score (nSPS) is 18.9. The fraction of sp³-hybridized carbons (Fsp3) is 0.200. The molecule has 0 saturated heterocycles. The molecule has 0 heterocycles. The molecule has 0 nitrogen and oxygen atoms in total. The van der Waals surface area contributed by atoms with E-state index in [2.05, 4.69) is 81.4 Å². The second-order valence-electron chi connectivity index (χ2n) is 8.27. The number of hydrogen-bond acceptors (Lipinski definition) is 0. The van der Waals surface area contributed by atoms with Crippen LogP contribution in [-0.4, -0.2) is 0 Å². The Morgan fingerprint density at radius 3 is 1.92 bits per heavy atom. The van der Waals surface area contributed by atoms with Gasteiger partial charge in [0.05, 0.1) is 0 Å². The number of fused-ring (bicyclic) bond motifs is 1. The maximum Gasteiger partial charge on any atom is -0.00233 e. The van der Waals surface area contributed by atoms with E-state index in [0.717, 1.165) is 0 Å². The lowest BCUT2D eigenvalue weighted by Gasteiger charge is -2.39. The molecule has 0 fully saturated rings. The SMILES string of the molecule is CC1c2ccc3cccc4c5cccc6ccc(c(c2c34)c65)C1(C)C. The van der Waals surface area contributed by atoms with Crippen LogP contribution >= 0.6 is 0 Å². The Balaban J connectivity index is 2.11. The van der Waals surface area contributed by atoms with Crippen LogP contribution in [0.15, 0.2) is 60.7 Å². The first-order valence-corrected chi connectivity index (χ1v) is 9.21. The molecule has 0 amide bonds. The Labute approximate surface area is 147 Å². The predicted octanol–water partition coefficient (Wildman–Crippen LogP) is 7.13. The first-order chi connectivity index (χ1) is 12.1. The van der Waals surface area contributed by atoms with Crippen molar-refractivity contribution < 1.29 is 0 Å². The average Bonchev–Trinajstić information content (AvgIpc) is 2.63. The minimum Gasteiger partial charge on any atom is -0.0610 e. The van der Waals surface area contributed by atoms with E-state index in [9.17, 15) is 0 Å². The second kappa shape index (κ2) is 4.14. The molecule has 0 radical (unpaired) electrons. The molecular weight excluding hydrogens is 300 g/mol. The van der Waals surface area contributed by atoms with Gasteiger partial charge in [-0.05, 0) is 65.5 Å². The summed E-state index contributed by atoms with van der Waals surface area (Å²) in [6, 6.07) is 22.9. The highest BCUT2D eigenvalue weighted by molar-refractivity contribution is 6.34. The molecule has 0 heteroatoms. The van der Waals surface area contributed by atoms with Crippen LogP contribution in [0.1, 0.15) is 37.8 Å². The highest BCUT2D eigenvalue weighted by Gasteiger charge is 2.37. The molecule has 5 aromatic rings. The molecule has 6 rings (SSSR count). The van der Waals surface area contributed by atoms with E-state index in [4.69, 9.17) is 0 Å². The Bertz CT molecular complexity index is 1320. The van der Waals surface area contributed by atoms with Crippen LogP contribution in [0.5, 0.6) is 0 Å². The summed E-state index contributed by atoms with van der Waals surface area (Å²) in [5, 5.41) is 11.4. The fourth-order valence-electron chi connectivity index (χ4n) is 5.27. The molecule has 0 spiro atoms. The zero-order valence-electron chi connectivity index (χ0n) is 14.9. The predicted molar refractivity (Wildman–Crippen MR) is 109 cm³/mol. The van der Waals surface area contributed by atoms with Gasteiger partial charge in [0.1, 0.15) is 0 Å². The first kappa shape index (κ1) is 13.7. The van der Waals surface area contributed by atoms with E-state index >= 15 is 0 Å². The molecule has 0 aromatic heterocycles. The maximum absolute atomic E-state index is 2.41. The van der Waals surface area contributed by atoms with Crippen LogP contribution in [0.3, 0.4) is 0 Å². The number of rotatable bonds is 0. The molecule has 1 aliphatic carbocycles. The van der Waals surface area contributed by atoms with Crippen molar-refractivity contribution in [2.45, 2.75) is 32.1 Å². The Hall–Kier alpha value is -2.60. The summed E-state index contributed by atoms with van der Waals surface area (Å²) >= 11 is 0. The van der Waals surface area contributed by atoms with E-state index in [1.165, 1.54) is 54.2 Å². The van der Waals surface area contributed by atoms with Gasteiger partial charge in [-0.2, -0.15) is 0 Å². The summed E-state index contributed by atoms with van der Waals surface area (Å²) in [5.41, 5.74) is 3.16. The van der Waals surface area contributed by atoms with Gasteiger partial charge in [-0.15, -0.1) is 0 Å². The monoisotopic (exact) mass is 320 g/mol. The summed E-state index contributed by atoms with van der Waals surface area (Å²) in [6.07, 6.45) is 0. The van der Waals surface area contributed by atoms with Gasteiger partial charge in [0.25, 0.3) is 0 Å². The van der Waals surface area contributed by atoms with Crippen molar-refractivity contribution in [3.63, 3.8) is 0 Å². The van der Waals surface area contributed by atoms with Crippen LogP contribution in [-0.2, 0) is 5.41 Å². The van der Waals surface area contributed by atoms with Gasteiger partial charge in [-0.1, -0.05) is 81.4 Å². The lowest BCUT2D eigenvalue weighted by atomic mass is 9.64. The van der Waals surface area contributed by atoms with Crippen molar-refractivity contribution >= 4 is 43.1 Å². The Morgan fingerprint density at radius 1 is 0.640 bits per heavy atom. The van der Waals surface area contributed by atoms with Gasteiger partial charge < -0.3 is 0 Å². The Kier molecular flexibility index (Phi) is 2.26. The smallest absolute Gasteiger partial charge is 0.00233 e. The second-order valence-corrected chi connectivity index (χ2v) is 8.27. The highest BCUT2D eigenvalue weighted by atomic mass is 14.4. The first-order valence-electron chi connectivity index (χ1n) is 9.21. The van der Waals surface area contributed by atoms with Crippen molar-refractivity contribution in [2.75, 3.05) is 0 Å². The summed E-state index contributed by atoms with van der Waals surface area (Å²) < 4.78 is 0. The lowest BCUT2D eigenvalue weighted by molar-refractivity contribution is 0.439. The van der Waals surface area contributed by atoms with Crippen molar-refractivity contribution in [2.24, 2.45) is 0 Å². The van der Waals surface area contributed by atoms with E-state index in [1.807, 2.05) is 0 Å². The van der Waals surface area contributed by atoms with Gasteiger partial charge in [0.15, 0.2) is 0 Å². The summed E-state index contributed by atoms with van der Waals surface area (Å²) in [6.45, 7) is 7.21. The molecule has 1 atom stereocenters. The van der Waals surface area contributed by atoms with Crippen LogP contribution in [0.4, 0.5) is 0 Å². The molecule has 1 aliphatic rings. The molecule has 25 heavy (non-hydrogen) atoms. The molecule has 120 valence electrons. The minimum atomic E-state index is 0.142. The van der Waals surface area contributed by atoms with E-state index < -0.39 is 0 Å². The molecule has 0 N–H and O–H groups in total. The third-order valence-electron chi connectivity index (χ3n) is 6.91. The molecule has 0 bridgehead atoms. The summed E-state index contributed by atoms with van der Waals surface area (Å²) in [4.78, 5) is 0. The number of benzene rings is 5. The third kappa shape index (κ3) is 1.42. The van der Waals surface area contributed by atoms with Gasteiger partial charge in [-0.25, -0.2) is 0 Å². The van der Waals surface area contributed by atoms with Gasteiger partial charge in [0, 0.05) is 0 Å². The fourth-order valence-corrected chi connectivity index (χ4v) is 5.27. The molecule has 5 aromatic carbocycles. The van der Waals surface area contributed by atoms with E-state index in [1.54, 1.807) is 0 Å². The molecule has 0 aliphatic heterocycles. The van der Waals surface area contributed by atoms with Crippen molar-refractivity contribution in [1.29, 1.82) is 0 Å². The molecular formula is C25H20. The van der Waals surface area contributed by atoms with E-state index in [0.29, 0.717) is 5.92 Å². The average molecular weight is 320 g/mol. The van der Waals surface area contributed by atoms with Gasteiger partial charge >= 0.3 is 0 Å². The third-order valence-corrected chi connectivity index (χ3v) is 6.91.